The third-order valence-corrected chi connectivity index (χ3v) is 5.49. The number of nitrogens with one attached hydrogen (secondary N) is 1. The summed E-state index contributed by atoms with van der Waals surface area (Å²) in [4.78, 5) is 4.45. The topological polar surface area (TPSA) is 93.8 Å². The van der Waals surface area contributed by atoms with Crippen LogP contribution >= 0.6 is 11.6 Å². The maximum Gasteiger partial charge on any atom is 0.193 e. The van der Waals surface area contributed by atoms with Gasteiger partial charge in [-0.25, -0.2) is 8.42 Å². The number of hydrogen-bond acceptors (Lipinski definition) is 4. The summed E-state index contributed by atoms with van der Waals surface area (Å²) >= 11 is 6.04. The molecule has 134 valence electrons. The van der Waals surface area contributed by atoms with E-state index < -0.39 is 9.84 Å². The van der Waals surface area contributed by atoms with Gasteiger partial charge >= 0.3 is 0 Å². The van der Waals surface area contributed by atoms with Gasteiger partial charge in [0, 0.05) is 12.2 Å². The SMILES string of the molecule is COc1ccc(NC(N)=NCCCS(=O)(=O)c2ccccc2)cc1Cl. The molecule has 0 bridgehead atoms. The van der Waals surface area contributed by atoms with E-state index >= 15 is 0 Å². The summed E-state index contributed by atoms with van der Waals surface area (Å²) in [6, 6.07) is 13.5. The second kappa shape index (κ2) is 8.73. The first-order chi connectivity index (χ1) is 11.9. The Morgan fingerprint density at radius 2 is 1.96 bits per heavy atom. The van der Waals surface area contributed by atoms with Crippen LogP contribution in [0.3, 0.4) is 0 Å². The van der Waals surface area contributed by atoms with E-state index in [1.54, 1.807) is 48.5 Å². The minimum atomic E-state index is -3.29. The highest BCUT2D eigenvalue weighted by atomic mass is 35.5. The van der Waals surface area contributed by atoms with Crippen molar-refractivity contribution >= 4 is 33.1 Å². The third kappa shape index (κ3) is 5.65. The minimum absolute atomic E-state index is 0.0160. The van der Waals surface area contributed by atoms with E-state index in [4.69, 9.17) is 22.1 Å². The molecule has 0 saturated heterocycles. The average molecular weight is 382 g/mol. The molecule has 0 aromatic heterocycles. The fourth-order valence-corrected chi connectivity index (χ4v) is 3.71. The van der Waals surface area contributed by atoms with Crippen LogP contribution in [-0.4, -0.2) is 33.8 Å². The molecule has 0 spiro atoms. The van der Waals surface area contributed by atoms with Gasteiger partial charge in [-0.05, 0) is 36.8 Å². The summed E-state index contributed by atoms with van der Waals surface area (Å²) in [6.45, 7) is 0.300. The molecule has 25 heavy (non-hydrogen) atoms. The summed E-state index contributed by atoms with van der Waals surface area (Å²) in [7, 11) is -1.76. The lowest BCUT2D eigenvalue weighted by molar-refractivity contribution is 0.415. The van der Waals surface area contributed by atoms with Gasteiger partial charge in [0.15, 0.2) is 15.8 Å². The normalized spacial score (nSPS) is 12.0. The lowest BCUT2D eigenvalue weighted by atomic mass is 10.3. The van der Waals surface area contributed by atoms with Crippen molar-refractivity contribution in [2.45, 2.75) is 11.3 Å². The summed E-state index contributed by atoms with van der Waals surface area (Å²) in [6.07, 6.45) is 0.378. The smallest absolute Gasteiger partial charge is 0.193 e. The second-order valence-corrected chi connectivity index (χ2v) is 7.74. The number of nitrogens with two attached hydrogens (primary N) is 1. The molecule has 0 radical (unpaired) electrons. The molecule has 0 aliphatic carbocycles. The van der Waals surface area contributed by atoms with Crippen LogP contribution in [0.4, 0.5) is 5.69 Å². The number of methoxy groups -OCH3 is 1. The van der Waals surface area contributed by atoms with E-state index in [2.05, 4.69) is 10.3 Å². The zero-order valence-electron chi connectivity index (χ0n) is 13.8. The van der Waals surface area contributed by atoms with Crippen molar-refractivity contribution in [2.75, 3.05) is 24.7 Å². The van der Waals surface area contributed by atoms with Crippen LogP contribution in [-0.2, 0) is 9.84 Å². The maximum atomic E-state index is 12.1. The highest BCUT2D eigenvalue weighted by molar-refractivity contribution is 7.91. The monoisotopic (exact) mass is 381 g/mol. The first-order valence-corrected chi connectivity index (χ1v) is 9.63. The average Bonchev–Trinajstić information content (AvgIpc) is 2.60. The first kappa shape index (κ1) is 19.1. The lowest BCUT2D eigenvalue weighted by Crippen LogP contribution is -2.23. The van der Waals surface area contributed by atoms with E-state index in [1.165, 1.54) is 7.11 Å². The maximum absolute atomic E-state index is 12.1. The van der Waals surface area contributed by atoms with Gasteiger partial charge in [-0.1, -0.05) is 29.8 Å². The Morgan fingerprint density at radius 1 is 1.24 bits per heavy atom. The highest BCUT2D eigenvalue weighted by Crippen LogP contribution is 2.27. The van der Waals surface area contributed by atoms with E-state index in [0.29, 0.717) is 34.3 Å². The number of rotatable bonds is 7. The fourth-order valence-electron chi connectivity index (χ4n) is 2.13. The summed E-state index contributed by atoms with van der Waals surface area (Å²) in [5.74, 6) is 0.773. The number of halogens is 1. The fraction of sp³-hybridized carbons (Fsp3) is 0.235. The molecule has 0 aliphatic heterocycles. The molecule has 0 aliphatic rings. The minimum Gasteiger partial charge on any atom is -0.495 e. The molecule has 0 unspecified atom stereocenters. The molecular formula is C17H20ClN3O3S. The number of ether oxygens (including phenoxy) is 1. The number of benzene rings is 2. The van der Waals surface area contributed by atoms with E-state index in [0.717, 1.165) is 0 Å². The van der Waals surface area contributed by atoms with Crippen LogP contribution in [0.25, 0.3) is 0 Å². The molecule has 0 fully saturated rings. The van der Waals surface area contributed by atoms with Crippen LogP contribution in [0.1, 0.15) is 6.42 Å². The quantitative estimate of drug-likeness (QED) is 0.437. The molecule has 2 rings (SSSR count). The van der Waals surface area contributed by atoms with Crippen molar-refractivity contribution in [2.24, 2.45) is 10.7 Å². The van der Waals surface area contributed by atoms with Crippen LogP contribution in [0.2, 0.25) is 5.02 Å². The predicted molar refractivity (Wildman–Crippen MR) is 101 cm³/mol. The molecule has 0 atom stereocenters. The van der Waals surface area contributed by atoms with Crippen molar-refractivity contribution in [3.05, 3.63) is 53.6 Å². The van der Waals surface area contributed by atoms with Gasteiger partial charge in [0.25, 0.3) is 0 Å². The molecule has 6 nitrogen and oxygen atoms in total. The van der Waals surface area contributed by atoms with Gasteiger partial charge in [-0.3, -0.25) is 4.99 Å². The number of aliphatic imine (C=N–C) groups is 1. The van der Waals surface area contributed by atoms with E-state index in [1.807, 2.05) is 0 Å². The lowest BCUT2D eigenvalue weighted by Gasteiger charge is -2.08. The predicted octanol–water partition coefficient (Wildman–Crippen LogP) is 2.94. The Morgan fingerprint density at radius 3 is 2.60 bits per heavy atom. The molecule has 0 heterocycles. The molecule has 0 saturated carbocycles. The molecule has 2 aromatic rings. The zero-order valence-corrected chi connectivity index (χ0v) is 15.3. The number of sulfone groups is 1. The van der Waals surface area contributed by atoms with Gasteiger partial charge in [-0.2, -0.15) is 0 Å². The van der Waals surface area contributed by atoms with Crippen molar-refractivity contribution in [1.82, 2.24) is 0 Å². The Bertz CT molecular complexity index is 839. The Hall–Kier alpha value is -2.25. The number of guanidine groups is 1. The summed E-state index contributed by atoms with van der Waals surface area (Å²) in [5, 5.41) is 3.35. The Kier molecular flexibility index (Phi) is 6.66. The first-order valence-electron chi connectivity index (χ1n) is 7.60. The van der Waals surface area contributed by atoms with Gasteiger partial charge in [-0.15, -0.1) is 0 Å². The van der Waals surface area contributed by atoms with Gasteiger partial charge in [0.2, 0.25) is 0 Å². The van der Waals surface area contributed by atoms with E-state index in [-0.39, 0.29) is 11.7 Å². The van der Waals surface area contributed by atoms with Crippen LogP contribution in [0.15, 0.2) is 58.4 Å². The third-order valence-electron chi connectivity index (χ3n) is 3.38. The van der Waals surface area contributed by atoms with Crippen LogP contribution in [0.5, 0.6) is 5.75 Å². The van der Waals surface area contributed by atoms with Gasteiger partial charge in [0.1, 0.15) is 5.75 Å². The Labute approximate surface area is 152 Å². The second-order valence-electron chi connectivity index (χ2n) is 5.23. The molecule has 2 aromatic carbocycles. The van der Waals surface area contributed by atoms with Crippen molar-refractivity contribution in [3.63, 3.8) is 0 Å². The van der Waals surface area contributed by atoms with E-state index in [9.17, 15) is 8.42 Å². The van der Waals surface area contributed by atoms with Crippen LogP contribution in [0, 0.1) is 0 Å². The van der Waals surface area contributed by atoms with Crippen LogP contribution < -0.4 is 15.8 Å². The summed E-state index contributed by atoms with van der Waals surface area (Å²) in [5.41, 5.74) is 6.47. The zero-order chi connectivity index (χ0) is 18.3. The number of hydrogen-bond donors (Lipinski definition) is 2. The van der Waals surface area contributed by atoms with Crippen molar-refractivity contribution in [1.29, 1.82) is 0 Å². The highest BCUT2D eigenvalue weighted by Gasteiger charge is 2.12. The molecular weight excluding hydrogens is 362 g/mol. The van der Waals surface area contributed by atoms with Gasteiger partial charge < -0.3 is 15.8 Å². The molecule has 3 N–H and O–H groups in total. The largest absolute Gasteiger partial charge is 0.495 e. The standard InChI is InChI=1S/C17H20ClN3O3S/c1-24-16-9-8-13(12-15(16)18)21-17(19)20-10-5-11-25(22,23)14-6-3-2-4-7-14/h2-4,6-9,12H,5,10-11H2,1H3,(H3,19,20,21). The van der Waals surface area contributed by atoms with Crippen molar-refractivity contribution in [3.8, 4) is 5.75 Å². The number of nitrogens with zero attached hydrogens (tertiary/aromatic N) is 1. The summed E-state index contributed by atoms with van der Waals surface area (Å²) < 4.78 is 29.4. The van der Waals surface area contributed by atoms with Gasteiger partial charge in [0.05, 0.1) is 22.8 Å². The molecule has 0 amide bonds. The Balaban J connectivity index is 1.86. The number of anilines is 1. The molecule has 8 heteroatoms. The van der Waals surface area contributed by atoms with Crippen molar-refractivity contribution < 1.29 is 13.2 Å².